The van der Waals surface area contributed by atoms with Crippen LogP contribution in [0.3, 0.4) is 0 Å². The van der Waals surface area contributed by atoms with Crippen molar-refractivity contribution in [3.8, 4) is 5.75 Å². The second-order valence-corrected chi connectivity index (χ2v) is 5.02. The molecule has 1 heterocycles. The highest BCUT2D eigenvalue weighted by molar-refractivity contribution is 5.94. The van der Waals surface area contributed by atoms with Gasteiger partial charge >= 0.3 is 5.97 Å². The van der Waals surface area contributed by atoms with Crippen LogP contribution in [0.5, 0.6) is 5.75 Å². The number of carboxylic acid groups (broad SMARTS) is 1. The van der Waals surface area contributed by atoms with Gasteiger partial charge in [-0.3, -0.25) is 4.98 Å². The summed E-state index contributed by atoms with van der Waals surface area (Å²) in [6.45, 7) is 1.89. The minimum absolute atomic E-state index is 0.169. The van der Waals surface area contributed by atoms with Crippen molar-refractivity contribution in [1.29, 1.82) is 0 Å². The van der Waals surface area contributed by atoms with E-state index in [-0.39, 0.29) is 11.3 Å². The molecule has 0 fully saturated rings. The lowest BCUT2D eigenvalue weighted by molar-refractivity contribution is 0.0697. The molecule has 0 unspecified atom stereocenters. The number of carboxylic acids is 1. The Morgan fingerprint density at radius 2 is 1.82 bits per heavy atom. The van der Waals surface area contributed by atoms with Gasteiger partial charge in [0, 0.05) is 22.5 Å². The van der Waals surface area contributed by atoms with Crippen molar-refractivity contribution in [3.63, 3.8) is 0 Å². The average molecular weight is 294 g/mol. The van der Waals surface area contributed by atoms with Crippen LogP contribution in [0.15, 0.2) is 48.5 Å². The summed E-state index contributed by atoms with van der Waals surface area (Å²) >= 11 is 0. The van der Waals surface area contributed by atoms with E-state index in [1.807, 2.05) is 13.0 Å². The lowest BCUT2D eigenvalue weighted by Gasteiger charge is -2.11. The fourth-order valence-corrected chi connectivity index (χ4v) is 2.30. The lowest BCUT2D eigenvalue weighted by atomic mass is 10.1. The van der Waals surface area contributed by atoms with E-state index in [0.717, 1.165) is 28.0 Å². The van der Waals surface area contributed by atoms with Crippen LogP contribution in [0.25, 0.3) is 10.9 Å². The van der Waals surface area contributed by atoms with Gasteiger partial charge in [0.15, 0.2) is 0 Å². The molecule has 0 saturated carbocycles. The molecule has 0 atom stereocenters. The summed E-state index contributed by atoms with van der Waals surface area (Å²) in [4.78, 5) is 15.3. The van der Waals surface area contributed by atoms with Gasteiger partial charge in [-0.1, -0.05) is 0 Å². The summed E-state index contributed by atoms with van der Waals surface area (Å²) in [6, 6.07) is 13.4. The monoisotopic (exact) mass is 294 g/mol. The van der Waals surface area contributed by atoms with Gasteiger partial charge in [-0.25, -0.2) is 4.79 Å². The zero-order chi connectivity index (χ0) is 15.7. The van der Waals surface area contributed by atoms with E-state index in [2.05, 4.69) is 10.3 Å². The highest BCUT2D eigenvalue weighted by Crippen LogP contribution is 2.29. The van der Waals surface area contributed by atoms with Gasteiger partial charge in [0.05, 0.1) is 11.1 Å². The quantitative estimate of drug-likeness (QED) is 0.686. The minimum Gasteiger partial charge on any atom is -0.508 e. The first-order valence-corrected chi connectivity index (χ1v) is 6.74. The Kier molecular flexibility index (Phi) is 3.39. The third-order valence-corrected chi connectivity index (χ3v) is 3.33. The minimum atomic E-state index is -0.957. The van der Waals surface area contributed by atoms with Gasteiger partial charge in [0.1, 0.15) is 5.75 Å². The maximum atomic E-state index is 10.9. The second kappa shape index (κ2) is 5.37. The van der Waals surface area contributed by atoms with Crippen molar-refractivity contribution < 1.29 is 15.0 Å². The number of rotatable bonds is 3. The van der Waals surface area contributed by atoms with Crippen LogP contribution in [0.2, 0.25) is 0 Å². The van der Waals surface area contributed by atoms with Crippen molar-refractivity contribution in [1.82, 2.24) is 4.98 Å². The first kappa shape index (κ1) is 13.9. The maximum absolute atomic E-state index is 10.9. The summed E-state index contributed by atoms with van der Waals surface area (Å²) < 4.78 is 0. The van der Waals surface area contributed by atoms with Crippen molar-refractivity contribution in [2.24, 2.45) is 0 Å². The van der Waals surface area contributed by atoms with Crippen molar-refractivity contribution in [3.05, 3.63) is 59.8 Å². The predicted molar refractivity (Wildman–Crippen MR) is 84.8 cm³/mol. The Labute approximate surface area is 126 Å². The molecule has 0 aliphatic carbocycles. The van der Waals surface area contributed by atoms with E-state index < -0.39 is 5.97 Å². The molecule has 0 aliphatic rings. The summed E-state index contributed by atoms with van der Waals surface area (Å²) in [5, 5.41) is 22.6. The highest BCUT2D eigenvalue weighted by Gasteiger charge is 2.07. The number of aromatic nitrogens is 1. The normalized spacial score (nSPS) is 10.6. The van der Waals surface area contributed by atoms with Gasteiger partial charge in [-0.2, -0.15) is 0 Å². The van der Waals surface area contributed by atoms with Crippen molar-refractivity contribution in [2.45, 2.75) is 6.92 Å². The first-order valence-electron chi connectivity index (χ1n) is 6.74. The molecule has 3 rings (SSSR count). The predicted octanol–water partition coefficient (Wildman–Crippen LogP) is 3.69. The van der Waals surface area contributed by atoms with Crippen molar-refractivity contribution in [2.75, 3.05) is 5.32 Å². The number of nitrogens with zero attached hydrogens (tertiary/aromatic N) is 1. The van der Waals surface area contributed by atoms with E-state index >= 15 is 0 Å². The third kappa shape index (κ3) is 2.69. The molecule has 0 aliphatic heterocycles. The zero-order valence-electron chi connectivity index (χ0n) is 11.9. The van der Waals surface area contributed by atoms with Crippen LogP contribution in [0.1, 0.15) is 16.1 Å². The number of hydrogen-bond donors (Lipinski definition) is 3. The maximum Gasteiger partial charge on any atom is 0.335 e. The van der Waals surface area contributed by atoms with Crippen LogP contribution in [-0.4, -0.2) is 21.2 Å². The zero-order valence-corrected chi connectivity index (χ0v) is 11.9. The molecule has 3 N–H and O–H groups in total. The molecular weight excluding hydrogens is 280 g/mol. The molecule has 0 radical (unpaired) electrons. The topological polar surface area (TPSA) is 82.5 Å². The standard InChI is InChI=1S/C17H14N2O3/c1-10-8-16(14-9-13(20)6-7-15(14)18-10)19-12-4-2-11(3-5-12)17(21)22/h2-9,20H,1H3,(H,18,19)(H,21,22). The lowest BCUT2D eigenvalue weighted by Crippen LogP contribution is -1.98. The van der Waals surface area contributed by atoms with Gasteiger partial charge in [0.2, 0.25) is 0 Å². The molecule has 1 aromatic heterocycles. The number of hydrogen-bond acceptors (Lipinski definition) is 4. The van der Waals surface area contributed by atoms with Gasteiger partial charge < -0.3 is 15.5 Å². The molecule has 3 aromatic rings. The second-order valence-electron chi connectivity index (χ2n) is 5.02. The number of pyridine rings is 1. The molecule has 110 valence electrons. The fraction of sp³-hybridized carbons (Fsp3) is 0.0588. The van der Waals surface area contributed by atoms with Crippen LogP contribution in [-0.2, 0) is 0 Å². The fourth-order valence-electron chi connectivity index (χ4n) is 2.30. The summed E-state index contributed by atoms with van der Waals surface area (Å²) in [5.74, 6) is -0.788. The Morgan fingerprint density at radius 3 is 2.50 bits per heavy atom. The number of phenolic OH excluding ortho intramolecular Hbond substituents is 1. The Balaban J connectivity index is 2.02. The summed E-state index contributed by atoms with van der Waals surface area (Å²) in [7, 11) is 0. The highest BCUT2D eigenvalue weighted by atomic mass is 16.4. The van der Waals surface area contributed by atoms with Crippen molar-refractivity contribution >= 4 is 28.2 Å². The van der Waals surface area contributed by atoms with E-state index in [9.17, 15) is 9.90 Å². The Morgan fingerprint density at radius 1 is 1.09 bits per heavy atom. The van der Waals surface area contributed by atoms with Crippen LogP contribution < -0.4 is 5.32 Å². The number of phenols is 1. The molecule has 0 amide bonds. The molecule has 0 saturated heterocycles. The molecule has 2 aromatic carbocycles. The number of aryl methyl sites for hydroxylation is 1. The summed E-state index contributed by atoms with van der Waals surface area (Å²) in [5.41, 5.74) is 3.44. The largest absolute Gasteiger partial charge is 0.508 e. The van der Waals surface area contributed by atoms with E-state index in [4.69, 9.17) is 5.11 Å². The Hall–Kier alpha value is -3.08. The first-order chi connectivity index (χ1) is 10.5. The molecule has 5 heteroatoms. The van der Waals surface area contributed by atoms with Crippen LogP contribution in [0.4, 0.5) is 11.4 Å². The Bertz CT molecular complexity index is 858. The number of aromatic hydroxyl groups is 1. The SMILES string of the molecule is Cc1cc(Nc2ccc(C(=O)O)cc2)c2cc(O)ccc2n1. The molecule has 5 nitrogen and oxygen atoms in total. The average Bonchev–Trinajstić information content (AvgIpc) is 2.48. The van der Waals surface area contributed by atoms with Gasteiger partial charge in [0.25, 0.3) is 0 Å². The number of carbonyl (C=O) groups is 1. The molecular formula is C17H14N2O3. The number of nitrogens with one attached hydrogen (secondary N) is 1. The summed E-state index contributed by atoms with van der Waals surface area (Å²) in [6.07, 6.45) is 0. The third-order valence-electron chi connectivity index (χ3n) is 3.33. The van der Waals surface area contributed by atoms with Gasteiger partial charge in [-0.15, -0.1) is 0 Å². The van der Waals surface area contributed by atoms with E-state index in [1.54, 1.807) is 42.5 Å². The van der Waals surface area contributed by atoms with Crippen LogP contribution in [0, 0.1) is 6.92 Å². The molecule has 0 bridgehead atoms. The number of fused-ring (bicyclic) bond motifs is 1. The van der Waals surface area contributed by atoms with Gasteiger partial charge in [-0.05, 0) is 55.5 Å². The smallest absolute Gasteiger partial charge is 0.335 e. The van der Waals surface area contributed by atoms with E-state index in [1.165, 1.54) is 0 Å². The number of benzene rings is 2. The number of anilines is 2. The van der Waals surface area contributed by atoms with E-state index in [0.29, 0.717) is 0 Å². The molecule has 0 spiro atoms. The van der Waals surface area contributed by atoms with Crippen LogP contribution >= 0.6 is 0 Å². The number of aromatic carboxylic acids is 1. The molecule has 22 heavy (non-hydrogen) atoms.